The first-order valence-electron chi connectivity index (χ1n) is 7.43. The van der Waals surface area contributed by atoms with Gasteiger partial charge in [0.1, 0.15) is 11.6 Å². The van der Waals surface area contributed by atoms with Crippen molar-refractivity contribution < 1.29 is 0 Å². The molecule has 116 valence electrons. The number of hydrogen-bond acceptors (Lipinski definition) is 3. The zero-order valence-corrected chi connectivity index (χ0v) is 13.3. The molecule has 0 unspecified atom stereocenters. The lowest BCUT2D eigenvalue weighted by Crippen LogP contribution is -2.22. The first-order chi connectivity index (χ1) is 11.7. The summed E-state index contributed by atoms with van der Waals surface area (Å²) in [7, 11) is 0. The Morgan fingerprint density at radius 1 is 0.875 bits per heavy atom. The number of fused-ring (bicyclic) bond motifs is 1. The molecule has 0 amide bonds. The van der Waals surface area contributed by atoms with Crippen LogP contribution in [0.15, 0.2) is 77.7 Å². The number of halogens is 1. The van der Waals surface area contributed by atoms with Crippen LogP contribution in [0.4, 0.5) is 0 Å². The van der Waals surface area contributed by atoms with Crippen molar-refractivity contribution in [2.45, 2.75) is 0 Å². The number of aromatic nitrogens is 3. The maximum atomic E-state index is 13.0. The Morgan fingerprint density at radius 2 is 1.62 bits per heavy atom. The molecule has 5 heteroatoms. The van der Waals surface area contributed by atoms with Crippen LogP contribution >= 0.6 is 11.6 Å². The van der Waals surface area contributed by atoms with Gasteiger partial charge in [-0.05, 0) is 48.5 Å². The average molecular weight is 334 g/mol. The fraction of sp³-hybridized carbons (Fsp3) is 0. The zero-order valence-electron chi connectivity index (χ0n) is 12.6. The van der Waals surface area contributed by atoms with Crippen LogP contribution in [0.2, 0.25) is 5.02 Å². The van der Waals surface area contributed by atoms with Crippen LogP contribution in [-0.4, -0.2) is 14.5 Å². The fourth-order valence-electron chi connectivity index (χ4n) is 2.62. The average Bonchev–Trinajstić information content (AvgIpc) is 2.63. The topological polar surface area (TPSA) is 47.8 Å². The van der Waals surface area contributed by atoms with E-state index >= 15 is 0 Å². The minimum atomic E-state index is -0.149. The van der Waals surface area contributed by atoms with Gasteiger partial charge in [-0.2, -0.15) is 0 Å². The first-order valence-corrected chi connectivity index (χ1v) is 7.81. The van der Waals surface area contributed by atoms with Gasteiger partial charge in [-0.15, -0.1) is 0 Å². The second-order valence-electron chi connectivity index (χ2n) is 5.29. The van der Waals surface area contributed by atoms with Gasteiger partial charge in [0.25, 0.3) is 5.56 Å². The van der Waals surface area contributed by atoms with Crippen molar-refractivity contribution in [2.24, 2.45) is 0 Å². The van der Waals surface area contributed by atoms with E-state index in [2.05, 4.69) is 4.98 Å². The number of rotatable bonds is 2. The maximum absolute atomic E-state index is 13.0. The third kappa shape index (κ3) is 2.47. The van der Waals surface area contributed by atoms with Crippen molar-refractivity contribution >= 4 is 22.5 Å². The molecule has 0 fully saturated rings. The van der Waals surface area contributed by atoms with Crippen LogP contribution in [0.5, 0.6) is 0 Å². The Balaban J connectivity index is 2.11. The van der Waals surface area contributed by atoms with E-state index in [0.29, 0.717) is 27.6 Å². The predicted octanol–water partition coefficient (Wildman–Crippen LogP) is 4.10. The van der Waals surface area contributed by atoms with E-state index in [9.17, 15) is 4.79 Å². The summed E-state index contributed by atoms with van der Waals surface area (Å²) < 4.78 is 1.53. The van der Waals surface area contributed by atoms with Gasteiger partial charge in [0, 0.05) is 16.8 Å². The molecule has 4 aromatic rings. The fourth-order valence-corrected chi connectivity index (χ4v) is 2.75. The van der Waals surface area contributed by atoms with Gasteiger partial charge in [0.15, 0.2) is 0 Å². The molecule has 2 aromatic heterocycles. The van der Waals surface area contributed by atoms with Gasteiger partial charge >= 0.3 is 0 Å². The molecule has 0 spiro atoms. The Bertz CT molecular complexity index is 1070. The second kappa shape index (κ2) is 5.91. The van der Waals surface area contributed by atoms with E-state index in [4.69, 9.17) is 16.6 Å². The molecule has 0 bridgehead atoms. The van der Waals surface area contributed by atoms with Crippen molar-refractivity contribution in [3.8, 4) is 17.2 Å². The van der Waals surface area contributed by atoms with Crippen molar-refractivity contribution in [1.82, 2.24) is 14.5 Å². The van der Waals surface area contributed by atoms with Crippen molar-refractivity contribution in [2.75, 3.05) is 0 Å². The molecule has 0 saturated heterocycles. The van der Waals surface area contributed by atoms with Gasteiger partial charge in [-0.1, -0.05) is 29.8 Å². The summed E-state index contributed by atoms with van der Waals surface area (Å²) in [6.45, 7) is 0. The highest BCUT2D eigenvalue weighted by Crippen LogP contribution is 2.22. The van der Waals surface area contributed by atoms with E-state index in [1.807, 2.05) is 42.5 Å². The van der Waals surface area contributed by atoms with Crippen LogP contribution in [-0.2, 0) is 0 Å². The number of benzene rings is 2. The summed E-state index contributed by atoms with van der Waals surface area (Å²) in [4.78, 5) is 22.1. The van der Waals surface area contributed by atoms with Crippen molar-refractivity contribution in [1.29, 1.82) is 0 Å². The highest BCUT2D eigenvalue weighted by atomic mass is 35.5. The monoisotopic (exact) mass is 333 g/mol. The molecule has 4 rings (SSSR count). The predicted molar refractivity (Wildman–Crippen MR) is 95.6 cm³/mol. The van der Waals surface area contributed by atoms with E-state index < -0.39 is 0 Å². The number of nitrogens with zero attached hydrogens (tertiary/aromatic N) is 3. The van der Waals surface area contributed by atoms with Gasteiger partial charge in [0.05, 0.1) is 10.9 Å². The minimum Gasteiger partial charge on any atom is -0.268 e. The van der Waals surface area contributed by atoms with Gasteiger partial charge in [-0.25, -0.2) is 14.5 Å². The first kappa shape index (κ1) is 14.6. The Morgan fingerprint density at radius 3 is 2.38 bits per heavy atom. The lowest BCUT2D eigenvalue weighted by atomic mass is 10.1. The maximum Gasteiger partial charge on any atom is 0.267 e. The highest BCUT2D eigenvalue weighted by Gasteiger charge is 2.14. The third-order valence-corrected chi connectivity index (χ3v) is 4.01. The molecule has 4 nitrogen and oxygen atoms in total. The lowest BCUT2D eigenvalue weighted by Gasteiger charge is -2.13. The highest BCUT2D eigenvalue weighted by molar-refractivity contribution is 6.30. The zero-order chi connectivity index (χ0) is 16.5. The summed E-state index contributed by atoms with van der Waals surface area (Å²) >= 11 is 5.98. The molecule has 0 atom stereocenters. The molecule has 0 saturated carbocycles. The SMILES string of the molecule is O=c1c2ccccc2nc(-c2ccc(Cl)cc2)n1-c1ccccn1. The largest absolute Gasteiger partial charge is 0.268 e. The summed E-state index contributed by atoms with van der Waals surface area (Å²) in [5, 5.41) is 1.19. The van der Waals surface area contributed by atoms with Gasteiger partial charge in [0.2, 0.25) is 0 Å². The van der Waals surface area contributed by atoms with Gasteiger partial charge in [-0.3, -0.25) is 4.79 Å². The summed E-state index contributed by atoms with van der Waals surface area (Å²) in [5.41, 5.74) is 1.30. The van der Waals surface area contributed by atoms with E-state index in [1.165, 1.54) is 4.57 Å². The molecule has 2 heterocycles. The molecular weight excluding hydrogens is 322 g/mol. The van der Waals surface area contributed by atoms with E-state index in [-0.39, 0.29) is 5.56 Å². The van der Waals surface area contributed by atoms with E-state index in [0.717, 1.165) is 5.56 Å². The quantitative estimate of drug-likeness (QED) is 0.555. The molecule has 0 N–H and O–H groups in total. The molecule has 0 aliphatic heterocycles. The Kier molecular flexibility index (Phi) is 3.59. The number of hydrogen-bond donors (Lipinski definition) is 0. The van der Waals surface area contributed by atoms with E-state index in [1.54, 1.807) is 30.5 Å². The number of para-hydroxylation sites is 1. The molecule has 0 aliphatic rings. The standard InChI is InChI=1S/C19H12ClN3O/c20-14-10-8-13(9-11-14)18-22-16-6-2-1-5-15(16)19(24)23(18)17-7-3-4-12-21-17/h1-12H. The summed E-state index contributed by atoms with van der Waals surface area (Å²) in [5.74, 6) is 1.07. The molecule has 24 heavy (non-hydrogen) atoms. The van der Waals surface area contributed by atoms with Crippen molar-refractivity contribution in [3.05, 3.63) is 88.3 Å². The smallest absolute Gasteiger partial charge is 0.267 e. The number of pyridine rings is 1. The van der Waals surface area contributed by atoms with Crippen LogP contribution in [0, 0.1) is 0 Å². The summed E-state index contributed by atoms with van der Waals surface area (Å²) in [6.07, 6.45) is 1.66. The molecule has 2 aromatic carbocycles. The lowest BCUT2D eigenvalue weighted by molar-refractivity contribution is 0.932. The molecule has 0 aliphatic carbocycles. The van der Waals surface area contributed by atoms with Gasteiger partial charge < -0.3 is 0 Å². The minimum absolute atomic E-state index is 0.149. The van der Waals surface area contributed by atoms with Crippen LogP contribution in [0.3, 0.4) is 0 Å². The Labute approximate surface area is 143 Å². The van der Waals surface area contributed by atoms with Crippen molar-refractivity contribution in [3.63, 3.8) is 0 Å². The van der Waals surface area contributed by atoms with Crippen LogP contribution < -0.4 is 5.56 Å². The Hall–Kier alpha value is -2.98. The molecule has 0 radical (unpaired) electrons. The summed E-state index contributed by atoms with van der Waals surface area (Å²) in [6, 6.07) is 20.0. The normalized spacial score (nSPS) is 10.9. The second-order valence-corrected chi connectivity index (χ2v) is 5.72. The third-order valence-electron chi connectivity index (χ3n) is 3.76. The van der Waals surface area contributed by atoms with Crippen LogP contribution in [0.25, 0.3) is 28.1 Å². The molecular formula is C19H12ClN3O. The van der Waals surface area contributed by atoms with Crippen LogP contribution in [0.1, 0.15) is 0 Å².